The van der Waals surface area contributed by atoms with E-state index in [-0.39, 0.29) is 0 Å². The molecule has 0 amide bonds. The highest BCUT2D eigenvalue weighted by atomic mass is 32.2. The number of hydrogen-bond acceptors (Lipinski definition) is 11. The van der Waals surface area contributed by atoms with Crippen molar-refractivity contribution in [3.8, 4) is 0 Å². The van der Waals surface area contributed by atoms with Crippen molar-refractivity contribution >= 4 is 28.7 Å². The molecule has 12 nitrogen and oxygen atoms in total. The highest BCUT2D eigenvalue weighted by molar-refractivity contribution is 7.99. The topological polar surface area (TPSA) is 163 Å². The van der Waals surface area contributed by atoms with E-state index in [9.17, 15) is 10.2 Å². The van der Waals surface area contributed by atoms with Crippen LogP contribution >= 0.6 is 11.8 Å². The first kappa shape index (κ1) is 19.0. The maximum atomic E-state index is 10.7. The zero-order valence-corrected chi connectivity index (χ0v) is 16.3. The van der Waals surface area contributed by atoms with Crippen LogP contribution in [-0.4, -0.2) is 80.3 Å². The molecule has 4 N–H and O–H groups in total. The Bertz CT molecular complexity index is 932. The fourth-order valence-electron chi connectivity index (χ4n) is 3.42. The Morgan fingerprint density at radius 3 is 2.79 bits per heavy atom. The molecule has 4 rings (SSSR count). The number of aromatic amines is 1. The van der Waals surface area contributed by atoms with E-state index in [4.69, 9.17) is 0 Å². The Balaban J connectivity index is 1.73. The smallest absolute Gasteiger partial charge is 0.191 e. The molecule has 1 saturated carbocycles. The van der Waals surface area contributed by atoms with Crippen LogP contribution in [0.2, 0.25) is 0 Å². The highest BCUT2D eigenvalue weighted by Gasteiger charge is 2.46. The summed E-state index contributed by atoms with van der Waals surface area (Å²) < 4.78 is 1.57. The Morgan fingerprint density at radius 2 is 2.07 bits per heavy atom. The lowest BCUT2D eigenvalue weighted by Crippen LogP contribution is -2.29. The largest absolute Gasteiger partial charge is 0.390 e. The predicted molar refractivity (Wildman–Crippen MR) is 101 cm³/mol. The number of anilines is 1. The second-order valence-electron chi connectivity index (χ2n) is 6.60. The Morgan fingerprint density at radius 1 is 1.21 bits per heavy atom. The first-order valence-electron chi connectivity index (χ1n) is 9.23. The molecule has 1 aliphatic carbocycles. The van der Waals surface area contributed by atoms with Crippen LogP contribution < -0.4 is 5.32 Å². The maximum Gasteiger partial charge on any atom is 0.191 e. The number of thioether (sulfide) groups is 1. The van der Waals surface area contributed by atoms with Gasteiger partial charge in [-0.1, -0.05) is 29.1 Å². The third-order valence-electron chi connectivity index (χ3n) is 4.74. The molecular formula is C15H22N10O2S. The zero-order chi connectivity index (χ0) is 19.7. The summed E-state index contributed by atoms with van der Waals surface area (Å²) >= 11 is 1.55. The number of aromatic nitrogens is 9. The minimum Gasteiger partial charge on any atom is -0.390 e. The number of H-pyrrole nitrogens is 1. The third kappa shape index (κ3) is 3.29. The van der Waals surface area contributed by atoms with Crippen molar-refractivity contribution in [3.05, 3.63) is 5.82 Å². The summed E-state index contributed by atoms with van der Waals surface area (Å²) in [5.74, 6) is 1.41. The molecular weight excluding hydrogens is 384 g/mol. The minimum atomic E-state index is -1.06. The summed E-state index contributed by atoms with van der Waals surface area (Å²) in [6.07, 6.45) is -0.707. The number of tetrazole rings is 1. The molecule has 0 aliphatic heterocycles. The van der Waals surface area contributed by atoms with Gasteiger partial charge in [0.1, 0.15) is 6.10 Å². The molecule has 1 fully saturated rings. The van der Waals surface area contributed by atoms with Crippen LogP contribution in [0.15, 0.2) is 5.16 Å². The van der Waals surface area contributed by atoms with E-state index in [1.165, 1.54) is 0 Å². The Labute approximate surface area is 164 Å². The zero-order valence-electron chi connectivity index (χ0n) is 15.5. The molecule has 0 aromatic carbocycles. The lowest BCUT2D eigenvalue weighted by Gasteiger charge is -2.16. The standard InChI is InChI=1S/C15H22N10O2S/c1-3-5-28-15-17-13(16-4-2)9-14(18-15)25(24-19-9)8-6-7(10(26)11(8)27)12-20-22-23-21-12/h7-8,10-11,26-27H,3-6H2,1-2H3,(H,16,17,18)(H,20,21,22,23)/t7-,8+,10+,11-/m0/s1. The van der Waals surface area contributed by atoms with Gasteiger partial charge in [-0.05, 0) is 19.8 Å². The highest BCUT2D eigenvalue weighted by Crippen LogP contribution is 2.41. The molecule has 0 radical (unpaired) electrons. The molecule has 3 aromatic heterocycles. The van der Waals surface area contributed by atoms with Gasteiger partial charge in [0.15, 0.2) is 28.0 Å². The summed E-state index contributed by atoms with van der Waals surface area (Å²) in [4.78, 5) is 9.15. The number of aliphatic hydroxyl groups is 2. The fraction of sp³-hybridized carbons (Fsp3) is 0.667. The van der Waals surface area contributed by atoms with Crippen LogP contribution in [0, 0.1) is 0 Å². The van der Waals surface area contributed by atoms with Crippen LogP contribution in [0.3, 0.4) is 0 Å². The van der Waals surface area contributed by atoms with Gasteiger partial charge >= 0.3 is 0 Å². The number of aliphatic hydroxyl groups excluding tert-OH is 2. The summed E-state index contributed by atoms with van der Waals surface area (Å²) in [5.41, 5.74) is 1.06. The van der Waals surface area contributed by atoms with Crippen LogP contribution in [-0.2, 0) is 0 Å². The van der Waals surface area contributed by atoms with Crippen LogP contribution in [0.4, 0.5) is 5.82 Å². The minimum absolute atomic E-state index is 0.362. The summed E-state index contributed by atoms with van der Waals surface area (Å²) in [6, 6.07) is -0.517. The number of hydrogen-bond donors (Lipinski definition) is 4. The van der Waals surface area contributed by atoms with Crippen LogP contribution in [0.1, 0.15) is 44.5 Å². The monoisotopic (exact) mass is 406 g/mol. The Kier molecular flexibility index (Phi) is 5.37. The van der Waals surface area contributed by atoms with Gasteiger partial charge in [-0.3, -0.25) is 0 Å². The maximum absolute atomic E-state index is 10.7. The Hall–Kier alpha value is -2.38. The van der Waals surface area contributed by atoms with Gasteiger partial charge in [0.25, 0.3) is 0 Å². The van der Waals surface area contributed by atoms with Crippen molar-refractivity contribution < 1.29 is 10.2 Å². The van der Waals surface area contributed by atoms with E-state index in [0.717, 1.165) is 12.2 Å². The van der Waals surface area contributed by atoms with Crippen molar-refractivity contribution in [1.82, 2.24) is 45.6 Å². The first-order chi connectivity index (χ1) is 13.6. The molecule has 150 valence electrons. The second-order valence-corrected chi connectivity index (χ2v) is 7.66. The number of nitrogens with zero attached hydrogens (tertiary/aromatic N) is 8. The van der Waals surface area contributed by atoms with Gasteiger partial charge in [-0.2, -0.15) is 5.21 Å². The molecule has 0 unspecified atom stereocenters. The van der Waals surface area contributed by atoms with Crippen molar-refractivity contribution in [3.63, 3.8) is 0 Å². The van der Waals surface area contributed by atoms with Crippen molar-refractivity contribution in [2.75, 3.05) is 17.6 Å². The van der Waals surface area contributed by atoms with Crippen molar-refractivity contribution in [2.45, 2.75) is 56.0 Å². The summed E-state index contributed by atoms with van der Waals surface area (Å²) in [7, 11) is 0. The normalized spacial score (nSPS) is 24.9. The van der Waals surface area contributed by atoms with Gasteiger partial charge in [0, 0.05) is 12.3 Å². The summed E-state index contributed by atoms with van der Waals surface area (Å²) in [5, 5.41) is 47.2. The predicted octanol–water partition coefficient (Wildman–Crippen LogP) is 0.119. The fourth-order valence-corrected chi connectivity index (χ4v) is 4.11. The molecule has 13 heteroatoms. The molecule has 28 heavy (non-hydrogen) atoms. The van der Waals surface area contributed by atoms with Crippen LogP contribution in [0.25, 0.3) is 11.2 Å². The van der Waals surface area contributed by atoms with Crippen molar-refractivity contribution in [2.24, 2.45) is 0 Å². The molecule has 0 spiro atoms. The van der Waals surface area contributed by atoms with Gasteiger partial charge in [-0.25, -0.2) is 14.6 Å². The van der Waals surface area contributed by atoms with E-state index in [2.05, 4.69) is 53.1 Å². The van der Waals surface area contributed by atoms with Crippen LogP contribution in [0.5, 0.6) is 0 Å². The second kappa shape index (κ2) is 7.93. The van der Waals surface area contributed by atoms with Gasteiger partial charge in [0.2, 0.25) is 0 Å². The molecule has 0 bridgehead atoms. The van der Waals surface area contributed by atoms with E-state index in [1.54, 1.807) is 16.4 Å². The molecule has 0 saturated heterocycles. The summed E-state index contributed by atoms with van der Waals surface area (Å²) in [6.45, 7) is 4.75. The van der Waals surface area contributed by atoms with E-state index < -0.39 is 24.2 Å². The molecule has 3 heterocycles. The number of rotatable bonds is 7. The van der Waals surface area contributed by atoms with Gasteiger partial charge in [-0.15, -0.1) is 15.3 Å². The number of nitrogens with one attached hydrogen (secondary N) is 2. The lowest BCUT2D eigenvalue weighted by molar-refractivity contribution is 0.0146. The third-order valence-corrected chi connectivity index (χ3v) is 5.80. The SMILES string of the molecule is CCCSc1nc(NCC)c2nnn([C@@H]3C[C@H](c4nn[nH]n4)[C@@H](O)[C@H]3O)c2n1. The van der Waals surface area contributed by atoms with Gasteiger partial charge < -0.3 is 15.5 Å². The molecule has 3 aromatic rings. The molecule has 4 atom stereocenters. The first-order valence-corrected chi connectivity index (χ1v) is 10.2. The average molecular weight is 406 g/mol. The van der Waals surface area contributed by atoms with E-state index in [1.807, 2.05) is 6.92 Å². The number of fused-ring (bicyclic) bond motifs is 1. The van der Waals surface area contributed by atoms with E-state index in [0.29, 0.717) is 40.9 Å². The van der Waals surface area contributed by atoms with Gasteiger partial charge in [0.05, 0.1) is 18.1 Å². The average Bonchev–Trinajstić information content (AvgIpc) is 3.41. The van der Waals surface area contributed by atoms with Crippen molar-refractivity contribution in [1.29, 1.82) is 0 Å². The lowest BCUT2D eigenvalue weighted by atomic mass is 10.1. The molecule has 1 aliphatic rings. The quantitative estimate of drug-likeness (QED) is 0.311. The van der Waals surface area contributed by atoms with E-state index >= 15 is 0 Å².